The Kier molecular flexibility index (Phi) is 7.12. The van der Waals surface area contributed by atoms with Crippen LogP contribution in [0.4, 0.5) is 0 Å². The van der Waals surface area contributed by atoms with Crippen molar-refractivity contribution in [3.8, 4) is 0 Å². The predicted molar refractivity (Wildman–Crippen MR) is 63.6 cm³/mol. The molecule has 84 valence electrons. The van der Waals surface area contributed by atoms with Gasteiger partial charge in [-0.25, -0.2) is 0 Å². The molecule has 0 unspecified atom stereocenters. The number of hydrogen-bond acceptors (Lipinski definition) is 1. The molecule has 1 N–H and O–H groups in total. The van der Waals surface area contributed by atoms with E-state index in [0.29, 0.717) is 0 Å². The van der Waals surface area contributed by atoms with Gasteiger partial charge in [-0.1, -0.05) is 51.9 Å². The third-order valence-electron chi connectivity index (χ3n) is 3.04. The molecule has 0 aromatic rings. The summed E-state index contributed by atoms with van der Waals surface area (Å²) in [5.74, 6) is 0. The van der Waals surface area contributed by atoms with Gasteiger partial charge in [0.25, 0.3) is 0 Å². The maximum Gasteiger partial charge on any atom is 0.00682 e. The van der Waals surface area contributed by atoms with Crippen LogP contribution in [-0.2, 0) is 0 Å². The van der Waals surface area contributed by atoms with Crippen LogP contribution in [-0.4, -0.2) is 12.6 Å². The Morgan fingerprint density at radius 3 is 2.00 bits per heavy atom. The number of nitrogens with one attached hydrogen (secondary N) is 1. The molecule has 0 aliphatic heterocycles. The Morgan fingerprint density at radius 1 is 0.857 bits per heavy atom. The van der Waals surface area contributed by atoms with Crippen molar-refractivity contribution in [1.82, 2.24) is 5.32 Å². The van der Waals surface area contributed by atoms with E-state index in [9.17, 15) is 0 Å². The minimum atomic E-state index is 0.902. The first-order valence-electron chi connectivity index (χ1n) is 6.67. The minimum absolute atomic E-state index is 0.902. The standard InChI is InChI=1S/C13H27N/c1-2-3-4-5-6-7-8-9-12-14-13-10-11-13/h13-14H,2-12H2,1H3. The highest BCUT2D eigenvalue weighted by molar-refractivity contribution is 4.80. The van der Waals surface area contributed by atoms with Crippen molar-refractivity contribution in [2.75, 3.05) is 6.54 Å². The molecule has 0 aromatic carbocycles. The van der Waals surface area contributed by atoms with E-state index >= 15 is 0 Å². The van der Waals surface area contributed by atoms with Crippen LogP contribution in [0.2, 0.25) is 0 Å². The largest absolute Gasteiger partial charge is 0.314 e. The normalized spacial score (nSPS) is 16.1. The molecule has 0 heterocycles. The summed E-state index contributed by atoms with van der Waals surface area (Å²) >= 11 is 0. The second kappa shape index (κ2) is 8.28. The van der Waals surface area contributed by atoms with Crippen molar-refractivity contribution in [3.63, 3.8) is 0 Å². The summed E-state index contributed by atoms with van der Waals surface area (Å²) in [4.78, 5) is 0. The van der Waals surface area contributed by atoms with Crippen molar-refractivity contribution in [2.24, 2.45) is 0 Å². The highest BCUT2D eigenvalue weighted by Crippen LogP contribution is 2.18. The fourth-order valence-corrected chi connectivity index (χ4v) is 1.85. The first-order chi connectivity index (χ1) is 6.93. The van der Waals surface area contributed by atoms with Gasteiger partial charge in [0.05, 0.1) is 0 Å². The number of rotatable bonds is 10. The molecule has 1 nitrogen and oxygen atoms in total. The Balaban J connectivity index is 1.63. The maximum absolute atomic E-state index is 3.57. The van der Waals surface area contributed by atoms with Crippen LogP contribution in [0.25, 0.3) is 0 Å². The molecule has 0 amide bonds. The van der Waals surface area contributed by atoms with Crippen LogP contribution >= 0.6 is 0 Å². The molecule has 14 heavy (non-hydrogen) atoms. The van der Waals surface area contributed by atoms with Crippen LogP contribution in [0.3, 0.4) is 0 Å². The van der Waals surface area contributed by atoms with Crippen molar-refractivity contribution < 1.29 is 0 Å². The summed E-state index contributed by atoms with van der Waals surface area (Å²) in [6, 6.07) is 0.902. The van der Waals surface area contributed by atoms with Crippen molar-refractivity contribution in [2.45, 2.75) is 77.2 Å². The highest BCUT2D eigenvalue weighted by atomic mass is 14.9. The first kappa shape index (κ1) is 12.0. The summed E-state index contributed by atoms with van der Waals surface area (Å²) in [6.07, 6.45) is 14.3. The molecule has 1 heteroatoms. The Morgan fingerprint density at radius 2 is 1.43 bits per heavy atom. The molecule has 1 rings (SSSR count). The highest BCUT2D eigenvalue weighted by Gasteiger charge is 2.19. The van der Waals surface area contributed by atoms with Crippen LogP contribution in [0, 0.1) is 0 Å². The van der Waals surface area contributed by atoms with Gasteiger partial charge in [0.15, 0.2) is 0 Å². The van der Waals surface area contributed by atoms with E-state index in [1.54, 1.807) is 0 Å². The van der Waals surface area contributed by atoms with Crippen molar-refractivity contribution >= 4 is 0 Å². The van der Waals surface area contributed by atoms with Crippen LogP contribution in [0.5, 0.6) is 0 Å². The van der Waals surface area contributed by atoms with E-state index in [1.165, 1.54) is 70.8 Å². The molecule has 1 fully saturated rings. The van der Waals surface area contributed by atoms with Crippen molar-refractivity contribution in [3.05, 3.63) is 0 Å². The van der Waals surface area contributed by atoms with E-state index in [4.69, 9.17) is 0 Å². The zero-order chi connectivity index (χ0) is 10.1. The van der Waals surface area contributed by atoms with Crippen LogP contribution in [0.1, 0.15) is 71.1 Å². The van der Waals surface area contributed by atoms with E-state index in [0.717, 1.165) is 6.04 Å². The maximum atomic E-state index is 3.57. The second-order valence-corrected chi connectivity index (χ2v) is 4.70. The van der Waals surface area contributed by atoms with Gasteiger partial charge in [0.1, 0.15) is 0 Å². The van der Waals surface area contributed by atoms with Gasteiger partial charge < -0.3 is 5.32 Å². The third-order valence-corrected chi connectivity index (χ3v) is 3.04. The molecule has 0 bridgehead atoms. The zero-order valence-corrected chi connectivity index (χ0v) is 9.86. The molecular weight excluding hydrogens is 170 g/mol. The van der Waals surface area contributed by atoms with Gasteiger partial charge in [-0.2, -0.15) is 0 Å². The minimum Gasteiger partial charge on any atom is -0.314 e. The monoisotopic (exact) mass is 197 g/mol. The fourth-order valence-electron chi connectivity index (χ4n) is 1.85. The van der Waals surface area contributed by atoms with Gasteiger partial charge in [0, 0.05) is 6.04 Å². The molecule has 0 spiro atoms. The summed E-state index contributed by atoms with van der Waals surface area (Å²) in [6.45, 7) is 3.54. The molecule has 0 atom stereocenters. The number of unbranched alkanes of at least 4 members (excludes halogenated alkanes) is 7. The average Bonchev–Trinajstić information content (AvgIpc) is 2.99. The van der Waals surface area contributed by atoms with E-state index in [-0.39, 0.29) is 0 Å². The molecular formula is C13H27N. The summed E-state index contributed by atoms with van der Waals surface area (Å²) in [5, 5.41) is 3.57. The molecule has 1 aliphatic rings. The lowest BCUT2D eigenvalue weighted by molar-refractivity contribution is 0.554. The van der Waals surface area contributed by atoms with E-state index in [2.05, 4.69) is 12.2 Å². The van der Waals surface area contributed by atoms with Gasteiger partial charge >= 0.3 is 0 Å². The Bertz CT molecular complexity index is 118. The lowest BCUT2D eigenvalue weighted by Gasteiger charge is -2.02. The third kappa shape index (κ3) is 7.37. The molecule has 0 saturated heterocycles. The zero-order valence-electron chi connectivity index (χ0n) is 9.86. The van der Waals surface area contributed by atoms with E-state index < -0.39 is 0 Å². The quantitative estimate of drug-likeness (QED) is 0.524. The summed E-state index contributed by atoms with van der Waals surface area (Å²) in [7, 11) is 0. The van der Waals surface area contributed by atoms with Crippen LogP contribution < -0.4 is 5.32 Å². The fraction of sp³-hybridized carbons (Fsp3) is 1.00. The van der Waals surface area contributed by atoms with Crippen LogP contribution in [0.15, 0.2) is 0 Å². The Hall–Kier alpha value is -0.0400. The number of hydrogen-bond donors (Lipinski definition) is 1. The van der Waals surface area contributed by atoms with Gasteiger partial charge in [-0.05, 0) is 25.8 Å². The summed E-state index contributed by atoms with van der Waals surface area (Å²) in [5.41, 5.74) is 0. The van der Waals surface area contributed by atoms with Gasteiger partial charge in [0.2, 0.25) is 0 Å². The molecule has 1 saturated carbocycles. The lowest BCUT2D eigenvalue weighted by Crippen LogP contribution is -2.17. The first-order valence-corrected chi connectivity index (χ1v) is 6.67. The average molecular weight is 197 g/mol. The topological polar surface area (TPSA) is 12.0 Å². The molecule has 0 radical (unpaired) electrons. The molecule has 1 aliphatic carbocycles. The lowest BCUT2D eigenvalue weighted by atomic mass is 10.1. The smallest absolute Gasteiger partial charge is 0.00682 e. The Labute approximate surface area is 89.7 Å². The van der Waals surface area contributed by atoms with Gasteiger partial charge in [-0.3, -0.25) is 0 Å². The van der Waals surface area contributed by atoms with Gasteiger partial charge in [-0.15, -0.1) is 0 Å². The predicted octanol–water partition coefficient (Wildman–Crippen LogP) is 3.88. The SMILES string of the molecule is CCCCCCCCCCNC1CC1. The molecule has 0 aromatic heterocycles. The van der Waals surface area contributed by atoms with E-state index in [1.807, 2.05) is 0 Å². The van der Waals surface area contributed by atoms with Crippen molar-refractivity contribution in [1.29, 1.82) is 0 Å². The summed E-state index contributed by atoms with van der Waals surface area (Å²) < 4.78 is 0. The second-order valence-electron chi connectivity index (χ2n) is 4.70.